The highest BCUT2D eigenvalue weighted by Gasteiger charge is 2.40. The van der Waals surface area contributed by atoms with Crippen LogP contribution in [0.4, 0.5) is 13.2 Å². The number of halogens is 4. The number of alkyl halides is 3. The predicted molar refractivity (Wildman–Crippen MR) is 49.9 cm³/mol. The second-order valence-corrected chi connectivity index (χ2v) is 3.65. The van der Waals surface area contributed by atoms with E-state index in [2.05, 4.69) is 15.9 Å². The van der Waals surface area contributed by atoms with Crippen molar-refractivity contribution in [3.05, 3.63) is 33.8 Å². The van der Waals surface area contributed by atoms with Gasteiger partial charge in [-0.05, 0) is 18.2 Å². The summed E-state index contributed by atoms with van der Waals surface area (Å²) in [5, 5.41) is 17.5. The molecule has 0 fully saturated rings. The average molecular weight is 280 g/mol. The Morgan fingerprint density at radius 3 is 2.47 bits per heavy atom. The molecule has 80 valence electrons. The van der Waals surface area contributed by atoms with Gasteiger partial charge in [0.25, 0.3) is 0 Å². The van der Waals surface area contributed by atoms with Crippen molar-refractivity contribution in [1.29, 1.82) is 5.26 Å². The molecular weight excluding hydrogens is 275 g/mol. The van der Waals surface area contributed by atoms with Crippen LogP contribution in [-0.2, 0) is 0 Å². The van der Waals surface area contributed by atoms with E-state index in [0.717, 1.165) is 6.07 Å². The van der Waals surface area contributed by atoms with Crippen molar-refractivity contribution in [3.8, 4) is 6.07 Å². The summed E-state index contributed by atoms with van der Waals surface area (Å²) in [5.41, 5.74) is -0.293. The fourth-order valence-electron chi connectivity index (χ4n) is 0.999. The SMILES string of the molecule is N#Cc1ccc(Br)c([C@H](O)C(F)(F)F)c1. The zero-order valence-corrected chi connectivity index (χ0v) is 8.80. The highest BCUT2D eigenvalue weighted by molar-refractivity contribution is 9.10. The van der Waals surface area contributed by atoms with Crippen molar-refractivity contribution < 1.29 is 18.3 Å². The van der Waals surface area contributed by atoms with Crippen molar-refractivity contribution in [1.82, 2.24) is 0 Å². The maximum Gasteiger partial charge on any atom is 0.418 e. The Morgan fingerprint density at radius 2 is 2.00 bits per heavy atom. The summed E-state index contributed by atoms with van der Waals surface area (Å²) in [4.78, 5) is 0. The Labute approximate surface area is 92.1 Å². The van der Waals surface area contributed by atoms with Gasteiger partial charge in [-0.1, -0.05) is 15.9 Å². The highest BCUT2D eigenvalue weighted by atomic mass is 79.9. The van der Waals surface area contributed by atoms with Gasteiger partial charge in [-0.2, -0.15) is 18.4 Å². The van der Waals surface area contributed by atoms with Crippen molar-refractivity contribution in [2.45, 2.75) is 12.3 Å². The van der Waals surface area contributed by atoms with Crippen LogP contribution in [0.1, 0.15) is 17.2 Å². The van der Waals surface area contributed by atoms with E-state index in [1.807, 2.05) is 0 Å². The molecule has 0 heterocycles. The molecule has 0 aliphatic rings. The molecule has 15 heavy (non-hydrogen) atoms. The van der Waals surface area contributed by atoms with E-state index < -0.39 is 12.3 Å². The lowest BCUT2D eigenvalue weighted by Crippen LogP contribution is -2.20. The van der Waals surface area contributed by atoms with Gasteiger partial charge >= 0.3 is 6.18 Å². The van der Waals surface area contributed by atoms with Gasteiger partial charge in [0, 0.05) is 10.0 Å². The first-order chi connectivity index (χ1) is 6.86. The summed E-state index contributed by atoms with van der Waals surface area (Å²) < 4.78 is 36.7. The third-order valence-corrected chi connectivity index (χ3v) is 2.45. The maximum atomic E-state index is 12.2. The number of aliphatic hydroxyl groups is 1. The molecule has 0 saturated heterocycles. The van der Waals surface area contributed by atoms with E-state index in [-0.39, 0.29) is 15.6 Å². The molecule has 1 atom stereocenters. The minimum atomic E-state index is -4.74. The van der Waals surface area contributed by atoms with Crippen LogP contribution in [0, 0.1) is 11.3 Å². The van der Waals surface area contributed by atoms with Crippen LogP contribution in [0.15, 0.2) is 22.7 Å². The molecule has 0 bridgehead atoms. The first-order valence-electron chi connectivity index (χ1n) is 3.80. The largest absolute Gasteiger partial charge is 0.418 e. The number of aliphatic hydroxyl groups excluding tert-OH is 1. The summed E-state index contributed by atoms with van der Waals surface area (Å²) in [7, 11) is 0. The van der Waals surface area contributed by atoms with Crippen molar-refractivity contribution in [2.24, 2.45) is 0 Å². The molecular formula is C9H5BrF3NO. The summed E-state index contributed by atoms with van der Waals surface area (Å²) in [5.74, 6) is 0. The van der Waals surface area contributed by atoms with Gasteiger partial charge in [0.1, 0.15) is 0 Å². The van der Waals surface area contributed by atoms with Crippen LogP contribution in [0.3, 0.4) is 0 Å². The number of rotatable bonds is 1. The van der Waals surface area contributed by atoms with Crippen LogP contribution in [0.5, 0.6) is 0 Å². The van der Waals surface area contributed by atoms with Crippen LogP contribution < -0.4 is 0 Å². The quantitative estimate of drug-likeness (QED) is 0.859. The molecule has 0 amide bonds. The molecule has 0 saturated carbocycles. The summed E-state index contributed by atoms with van der Waals surface area (Å²) in [6.07, 6.45) is -7.32. The lowest BCUT2D eigenvalue weighted by atomic mass is 10.1. The second kappa shape index (κ2) is 4.21. The number of benzene rings is 1. The van der Waals surface area contributed by atoms with E-state index in [1.54, 1.807) is 6.07 Å². The van der Waals surface area contributed by atoms with Gasteiger partial charge in [0.15, 0.2) is 6.10 Å². The molecule has 0 spiro atoms. The molecule has 2 nitrogen and oxygen atoms in total. The standard InChI is InChI=1S/C9H5BrF3NO/c10-7-2-1-5(4-14)3-6(7)8(15)9(11,12)13/h1-3,8,15H/t8-/m0/s1. The first-order valence-corrected chi connectivity index (χ1v) is 4.60. The van der Waals surface area contributed by atoms with Crippen LogP contribution >= 0.6 is 15.9 Å². The average Bonchev–Trinajstić information content (AvgIpc) is 2.16. The first kappa shape index (κ1) is 12.0. The van der Waals surface area contributed by atoms with Gasteiger partial charge in [0.2, 0.25) is 0 Å². The lowest BCUT2D eigenvalue weighted by molar-refractivity contribution is -0.207. The zero-order valence-electron chi connectivity index (χ0n) is 7.22. The molecule has 0 radical (unpaired) electrons. The Morgan fingerprint density at radius 1 is 1.40 bits per heavy atom. The normalized spacial score (nSPS) is 13.3. The third-order valence-electron chi connectivity index (χ3n) is 1.73. The molecule has 0 aliphatic heterocycles. The number of nitriles is 1. The monoisotopic (exact) mass is 279 g/mol. The molecule has 0 aliphatic carbocycles. The minimum Gasteiger partial charge on any atom is -0.379 e. The molecule has 1 aromatic carbocycles. The fourth-order valence-corrected chi connectivity index (χ4v) is 1.46. The smallest absolute Gasteiger partial charge is 0.379 e. The van der Waals surface area contributed by atoms with Gasteiger partial charge < -0.3 is 5.11 Å². The van der Waals surface area contributed by atoms with E-state index in [9.17, 15) is 13.2 Å². The molecule has 6 heteroatoms. The van der Waals surface area contributed by atoms with E-state index in [1.165, 1.54) is 12.1 Å². The van der Waals surface area contributed by atoms with Crippen molar-refractivity contribution >= 4 is 15.9 Å². The maximum absolute atomic E-state index is 12.2. The van der Waals surface area contributed by atoms with Crippen molar-refractivity contribution in [3.63, 3.8) is 0 Å². The molecule has 0 aromatic heterocycles. The molecule has 1 aromatic rings. The number of hydrogen-bond acceptors (Lipinski definition) is 2. The van der Waals surface area contributed by atoms with Gasteiger partial charge in [-0.3, -0.25) is 0 Å². The second-order valence-electron chi connectivity index (χ2n) is 2.79. The summed E-state index contributed by atoms with van der Waals surface area (Å²) in [6, 6.07) is 5.36. The zero-order chi connectivity index (χ0) is 11.6. The molecule has 1 N–H and O–H groups in total. The van der Waals surface area contributed by atoms with E-state index in [0.29, 0.717) is 0 Å². The summed E-state index contributed by atoms with van der Waals surface area (Å²) in [6.45, 7) is 0. The topological polar surface area (TPSA) is 44.0 Å². The van der Waals surface area contributed by atoms with E-state index >= 15 is 0 Å². The third kappa shape index (κ3) is 2.70. The fraction of sp³-hybridized carbons (Fsp3) is 0.222. The minimum absolute atomic E-state index is 0.0662. The van der Waals surface area contributed by atoms with Crippen LogP contribution in [0.2, 0.25) is 0 Å². The van der Waals surface area contributed by atoms with Gasteiger partial charge in [-0.25, -0.2) is 0 Å². The van der Waals surface area contributed by atoms with Crippen molar-refractivity contribution in [2.75, 3.05) is 0 Å². The Balaban J connectivity index is 3.20. The highest BCUT2D eigenvalue weighted by Crippen LogP contribution is 2.36. The van der Waals surface area contributed by atoms with Crippen LogP contribution in [-0.4, -0.2) is 11.3 Å². The predicted octanol–water partition coefficient (Wildman–Crippen LogP) is 2.92. The Bertz CT molecular complexity index is 411. The summed E-state index contributed by atoms with van der Waals surface area (Å²) >= 11 is 2.88. The number of hydrogen-bond donors (Lipinski definition) is 1. The molecule has 1 rings (SSSR count). The Hall–Kier alpha value is -1.06. The number of nitrogens with zero attached hydrogens (tertiary/aromatic N) is 1. The molecule has 0 unspecified atom stereocenters. The van der Waals surface area contributed by atoms with Crippen LogP contribution in [0.25, 0.3) is 0 Å². The Kier molecular flexibility index (Phi) is 3.37. The lowest BCUT2D eigenvalue weighted by Gasteiger charge is -2.16. The van der Waals surface area contributed by atoms with Gasteiger partial charge in [-0.15, -0.1) is 0 Å². The van der Waals surface area contributed by atoms with E-state index in [4.69, 9.17) is 10.4 Å². The van der Waals surface area contributed by atoms with Gasteiger partial charge in [0.05, 0.1) is 11.6 Å².